The lowest BCUT2D eigenvalue weighted by atomic mass is 9.47. The first-order chi connectivity index (χ1) is 11.8. The summed E-state index contributed by atoms with van der Waals surface area (Å²) < 4.78 is 5.45. The minimum absolute atomic E-state index is 0.146. The Hall–Kier alpha value is -1.12. The van der Waals surface area contributed by atoms with E-state index in [9.17, 15) is 9.59 Å². The maximum Gasteiger partial charge on any atom is 0.302 e. The van der Waals surface area contributed by atoms with Crippen molar-refractivity contribution in [1.82, 2.24) is 0 Å². The zero-order valence-electron chi connectivity index (χ0n) is 16.0. The van der Waals surface area contributed by atoms with E-state index in [0.717, 1.165) is 25.2 Å². The number of fused-ring (bicyclic) bond motifs is 5. The number of hydrogen-bond donors (Lipinski definition) is 0. The van der Waals surface area contributed by atoms with Crippen molar-refractivity contribution >= 4 is 11.8 Å². The maximum absolute atomic E-state index is 11.9. The van der Waals surface area contributed by atoms with Crippen molar-refractivity contribution in [3.05, 3.63) is 11.6 Å². The van der Waals surface area contributed by atoms with Crippen LogP contribution >= 0.6 is 0 Å². The summed E-state index contributed by atoms with van der Waals surface area (Å²) in [6, 6.07) is 0. The Kier molecular flexibility index (Phi) is 4.12. The molecule has 0 spiro atoms. The van der Waals surface area contributed by atoms with Gasteiger partial charge in [-0.2, -0.15) is 0 Å². The SMILES string of the molecule is CC(=O)OCC1CC[C@@]2(C)CC[C@H]3[C@@H](CCC4=CC(=O)CC[C@@]43C)[C@H]12. The highest BCUT2D eigenvalue weighted by Gasteiger charge is 2.58. The summed E-state index contributed by atoms with van der Waals surface area (Å²) in [6.07, 6.45) is 11.1. The molecule has 4 aliphatic carbocycles. The van der Waals surface area contributed by atoms with Gasteiger partial charge in [-0.15, -0.1) is 0 Å². The standard InChI is InChI=1S/C22H32O3/c1-14(23)25-13-15-6-9-21(2)10-8-19-18(20(15)21)5-4-16-12-17(24)7-11-22(16,19)3/h12,15,18-20H,4-11,13H2,1-3H3/t15?,18-,19+,20+,21+,22+/m1/s1. The predicted molar refractivity (Wildman–Crippen MR) is 96.8 cm³/mol. The third-order valence-electron chi connectivity index (χ3n) is 8.43. The van der Waals surface area contributed by atoms with Crippen LogP contribution in [0, 0.1) is 34.5 Å². The maximum atomic E-state index is 11.9. The average molecular weight is 344 g/mol. The smallest absolute Gasteiger partial charge is 0.302 e. The fourth-order valence-corrected chi connectivity index (χ4v) is 7.20. The van der Waals surface area contributed by atoms with Gasteiger partial charge in [0.15, 0.2) is 5.78 Å². The third-order valence-corrected chi connectivity index (χ3v) is 8.43. The van der Waals surface area contributed by atoms with Crippen molar-refractivity contribution < 1.29 is 14.3 Å². The summed E-state index contributed by atoms with van der Waals surface area (Å²) in [4.78, 5) is 23.3. The third kappa shape index (κ3) is 2.69. The van der Waals surface area contributed by atoms with Crippen LogP contribution in [0.15, 0.2) is 11.6 Å². The molecule has 0 radical (unpaired) electrons. The number of carbonyl (C=O) groups excluding carboxylic acids is 2. The Morgan fingerprint density at radius 2 is 1.92 bits per heavy atom. The molecule has 3 fully saturated rings. The number of allylic oxidation sites excluding steroid dienone is 1. The second-order valence-corrected chi connectivity index (χ2v) is 9.68. The number of carbonyl (C=O) groups is 2. The summed E-state index contributed by atoms with van der Waals surface area (Å²) in [5.41, 5.74) is 2.09. The quantitative estimate of drug-likeness (QED) is 0.682. The minimum Gasteiger partial charge on any atom is -0.466 e. The Labute approximate surface area is 151 Å². The first-order valence-corrected chi connectivity index (χ1v) is 10.2. The van der Waals surface area contributed by atoms with E-state index in [1.165, 1.54) is 44.6 Å². The van der Waals surface area contributed by atoms with E-state index in [4.69, 9.17) is 4.74 Å². The molecule has 4 aliphatic rings. The molecule has 0 aromatic carbocycles. The molecule has 0 N–H and O–H groups in total. The molecule has 138 valence electrons. The molecule has 25 heavy (non-hydrogen) atoms. The molecule has 0 heterocycles. The molecule has 0 aliphatic heterocycles. The monoisotopic (exact) mass is 344 g/mol. The van der Waals surface area contributed by atoms with Crippen LogP contribution in [0.2, 0.25) is 0 Å². The first kappa shape index (κ1) is 17.3. The zero-order chi connectivity index (χ0) is 17.8. The average Bonchev–Trinajstić information content (AvgIpc) is 2.90. The number of rotatable bonds is 2. The topological polar surface area (TPSA) is 43.4 Å². The van der Waals surface area contributed by atoms with Crippen LogP contribution in [-0.4, -0.2) is 18.4 Å². The van der Waals surface area contributed by atoms with E-state index in [1.807, 2.05) is 6.08 Å². The predicted octanol–water partition coefficient (Wildman–Crippen LogP) is 4.70. The van der Waals surface area contributed by atoms with Gasteiger partial charge in [-0.05, 0) is 85.5 Å². The molecule has 0 bridgehead atoms. The number of hydrogen-bond acceptors (Lipinski definition) is 3. The van der Waals surface area contributed by atoms with Gasteiger partial charge in [0, 0.05) is 13.3 Å². The molecule has 4 rings (SSSR count). The van der Waals surface area contributed by atoms with Crippen LogP contribution in [-0.2, 0) is 14.3 Å². The highest BCUT2D eigenvalue weighted by atomic mass is 16.5. The van der Waals surface area contributed by atoms with Crippen LogP contribution in [0.3, 0.4) is 0 Å². The van der Waals surface area contributed by atoms with Crippen molar-refractivity contribution in [2.24, 2.45) is 34.5 Å². The molecule has 3 nitrogen and oxygen atoms in total. The molecular formula is C22H32O3. The van der Waals surface area contributed by atoms with Gasteiger partial charge in [0.1, 0.15) is 0 Å². The summed E-state index contributed by atoms with van der Waals surface area (Å²) >= 11 is 0. The van der Waals surface area contributed by atoms with Gasteiger partial charge in [0.25, 0.3) is 0 Å². The van der Waals surface area contributed by atoms with Gasteiger partial charge in [0.05, 0.1) is 6.61 Å². The fourth-order valence-electron chi connectivity index (χ4n) is 7.20. The van der Waals surface area contributed by atoms with Crippen molar-refractivity contribution in [2.45, 2.75) is 72.1 Å². The Balaban J connectivity index is 1.62. The molecule has 1 unspecified atom stereocenters. The Bertz CT molecular complexity index is 621. The van der Waals surface area contributed by atoms with Gasteiger partial charge in [-0.1, -0.05) is 19.4 Å². The van der Waals surface area contributed by atoms with Crippen molar-refractivity contribution in [3.63, 3.8) is 0 Å². The fraction of sp³-hybridized carbons (Fsp3) is 0.818. The van der Waals surface area contributed by atoms with Crippen LogP contribution in [0.25, 0.3) is 0 Å². The summed E-state index contributed by atoms with van der Waals surface area (Å²) in [7, 11) is 0. The normalized spacial score (nSPS) is 45.9. The van der Waals surface area contributed by atoms with Crippen molar-refractivity contribution in [3.8, 4) is 0 Å². The van der Waals surface area contributed by atoms with E-state index in [1.54, 1.807) is 0 Å². The van der Waals surface area contributed by atoms with Crippen LogP contribution < -0.4 is 0 Å². The summed E-state index contributed by atoms with van der Waals surface area (Å²) in [5, 5.41) is 0. The largest absolute Gasteiger partial charge is 0.466 e. The number of ketones is 1. The van der Waals surface area contributed by atoms with Crippen molar-refractivity contribution in [2.75, 3.05) is 6.61 Å². The number of esters is 1. The molecule has 3 heteroatoms. The zero-order valence-corrected chi connectivity index (χ0v) is 16.0. The lowest BCUT2D eigenvalue weighted by Gasteiger charge is -2.58. The lowest BCUT2D eigenvalue weighted by molar-refractivity contribution is -0.144. The van der Waals surface area contributed by atoms with E-state index in [-0.39, 0.29) is 11.4 Å². The van der Waals surface area contributed by atoms with E-state index < -0.39 is 0 Å². The highest BCUT2D eigenvalue weighted by Crippen LogP contribution is 2.66. The van der Waals surface area contributed by atoms with Gasteiger partial charge in [0.2, 0.25) is 0 Å². The minimum atomic E-state index is -0.146. The van der Waals surface area contributed by atoms with E-state index in [2.05, 4.69) is 13.8 Å². The van der Waals surface area contributed by atoms with Crippen molar-refractivity contribution in [1.29, 1.82) is 0 Å². The molecule has 3 saturated carbocycles. The molecule has 0 saturated heterocycles. The molecular weight excluding hydrogens is 312 g/mol. The Morgan fingerprint density at radius 1 is 1.16 bits per heavy atom. The first-order valence-electron chi connectivity index (χ1n) is 10.2. The van der Waals surface area contributed by atoms with Crippen LogP contribution in [0.1, 0.15) is 72.1 Å². The molecule has 0 aromatic rings. The second-order valence-electron chi connectivity index (χ2n) is 9.68. The van der Waals surface area contributed by atoms with Crippen LogP contribution in [0.4, 0.5) is 0 Å². The van der Waals surface area contributed by atoms with Gasteiger partial charge >= 0.3 is 5.97 Å². The highest BCUT2D eigenvalue weighted by molar-refractivity contribution is 5.91. The van der Waals surface area contributed by atoms with Gasteiger partial charge < -0.3 is 4.74 Å². The lowest BCUT2D eigenvalue weighted by Crippen LogP contribution is -2.51. The van der Waals surface area contributed by atoms with Gasteiger partial charge in [-0.3, -0.25) is 9.59 Å². The van der Waals surface area contributed by atoms with Crippen LogP contribution in [0.5, 0.6) is 0 Å². The summed E-state index contributed by atoms with van der Waals surface area (Å²) in [5.74, 6) is 2.84. The molecule has 0 amide bonds. The molecule has 0 aromatic heterocycles. The summed E-state index contributed by atoms with van der Waals surface area (Å²) in [6.45, 7) is 7.05. The number of ether oxygens (including phenoxy) is 1. The second kappa shape index (κ2) is 5.96. The van der Waals surface area contributed by atoms with E-state index in [0.29, 0.717) is 35.6 Å². The van der Waals surface area contributed by atoms with Gasteiger partial charge in [-0.25, -0.2) is 0 Å². The van der Waals surface area contributed by atoms with E-state index >= 15 is 0 Å². The molecule has 6 atom stereocenters. The Morgan fingerprint density at radius 3 is 2.68 bits per heavy atom.